The van der Waals surface area contributed by atoms with E-state index in [4.69, 9.17) is 9.47 Å². The highest BCUT2D eigenvalue weighted by atomic mass is 16.5. The lowest BCUT2D eigenvalue weighted by molar-refractivity contribution is -0.132. The Labute approximate surface area is 249 Å². The first-order valence-electron chi connectivity index (χ1n) is 12.9. The largest absolute Gasteiger partial charge is 0.478 e. The first kappa shape index (κ1) is 30.7. The molecule has 12 heteroatoms. The Bertz CT molecular complexity index is 1800. The average Bonchev–Trinajstić information content (AvgIpc) is 2.98. The van der Waals surface area contributed by atoms with Gasteiger partial charge in [0.2, 0.25) is 0 Å². The number of amides is 2. The van der Waals surface area contributed by atoms with Crippen LogP contribution in [0.1, 0.15) is 55.3 Å². The van der Waals surface area contributed by atoms with Gasteiger partial charge >= 0.3 is 23.9 Å². The van der Waals surface area contributed by atoms with E-state index in [1.807, 2.05) is 0 Å². The number of carboxylic acid groups (broad SMARTS) is 2. The van der Waals surface area contributed by atoms with E-state index in [1.54, 1.807) is 0 Å². The Morgan fingerprint density at radius 1 is 0.500 bits per heavy atom. The Kier molecular flexibility index (Phi) is 9.14. The lowest BCUT2D eigenvalue weighted by Crippen LogP contribution is -2.17. The van der Waals surface area contributed by atoms with Crippen molar-refractivity contribution in [2.45, 2.75) is 13.8 Å². The third-order valence-electron chi connectivity index (χ3n) is 6.07. The summed E-state index contributed by atoms with van der Waals surface area (Å²) in [5, 5.41) is 24.7. The second-order valence-corrected chi connectivity index (χ2v) is 9.28. The molecule has 0 spiro atoms. The fourth-order valence-corrected chi connectivity index (χ4v) is 4.14. The number of benzene rings is 4. The van der Waals surface area contributed by atoms with Gasteiger partial charge in [-0.3, -0.25) is 19.2 Å². The van der Waals surface area contributed by atoms with Crippen molar-refractivity contribution >= 4 is 47.1 Å². The number of ether oxygens (including phenoxy) is 2. The molecule has 0 unspecified atom stereocenters. The molecule has 0 aromatic heterocycles. The molecule has 0 saturated carbocycles. The highest BCUT2D eigenvalue weighted by molar-refractivity contribution is 6.13. The number of aromatic carboxylic acids is 2. The summed E-state index contributed by atoms with van der Waals surface area (Å²) < 4.78 is 9.91. The molecule has 0 aliphatic heterocycles. The van der Waals surface area contributed by atoms with E-state index in [0.29, 0.717) is 22.5 Å². The van der Waals surface area contributed by atoms with E-state index in [0.717, 1.165) is 0 Å². The highest BCUT2D eigenvalue weighted by Gasteiger charge is 2.21. The Balaban J connectivity index is 1.61. The fourth-order valence-electron chi connectivity index (χ4n) is 4.14. The molecule has 222 valence electrons. The number of hydrogen-bond acceptors (Lipinski definition) is 8. The van der Waals surface area contributed by atoms with Gasteiger partial charge in [-0.25, -0.2) is 9.59 Å². The van der Waals surface area contributed by atoms with Crippen LogP contribution in [0.3, 0.4) is 0 Å². The van der Waals surface area contributed by atoms with Crippen LogP contribution >= 0.6 is 0 Å². The SMILES string of the molecule is CC(=O)Oc1ccc(NC(=O)c2ccc(-c3ccc(C(=O)O)c(C(=O)Nc4ccc(OC(C)=O)cc4)c3)cc2C(=O)O)cc1. The fraction of sp³-hybridized carbons (Fsp3) is 0.0625. The normalized spacial score (nSPS) is 10.3. The zero-order valence-electron chi connectivity index (χ0n) is 23.2. The molecule has 4 rings (SSSR count). The Hall–Kier alpha value is -6.30. The van der Waals surface area contributed by atoms with Crippen LogP contribution in [0, 0.1) is 0 Å². The predicted molar refractivity (Wildman–Crippen MR) is 157 cm³/mol. The van der Waals surface area contributed by atoms with Gasteiger partial charge in [0, 0.05) is 25.2 Å². The summed E-state index contributed by atoms with van der Waals surface area (Å²) in [4.78, 5) is 72.3. The molecule has 0 aliphatic rings. The van der Waals surface area contributed by atoms with Gasteiger partial charge in [-0.2, -0.15) is 0 Å². The summed E-state index contributed by atoms with van der Waals surface area (Å²) in [6.45, 7) is 2.49. The Morgan fingerprint density at radius 2 is 0.886 bits per heavy atom. The first-order chi connectivity index (χ1) is 20.9. The number of rotatable bonds is 9. The van der Waals surface area contributed by atoms with Crippen molar-refractivity contribution in [2.24, 2.45) is 0 Å². The van der Waals surface area contributed by atoms with E-state index in [-0.39, 0.29) is 33.8 Å². The quantitative estimate of drug-likeness (QED) is 0.150. The second kappa shape index (κ2) is 13.1. The van der Waals surface area contributed by atoms with Crippen LogP contribution in [-0.2, 0) is 9.59 Å². The van der Waals surface area contributed by atoms with Gasteiger partial charge in [-0.1, -0.05) is 12.1 Å². The minimum atomic E-state index is -1.39. The molecule has 0 fully saturated rings. The molecule has 4 aromatic rings. The van der Waals surface area contributed by atoms with Crippen LogP contribution in [0.4, 0.5) is 11.4 Å². The molecule has 12 nitrogen and oxygen atoms in total. The van der Waals surface area contributed by atoms with Gasteiger partial charge in [-0.05, 0) is 83.9 Å². The van der Waals surface area contributed by atoms with Crippen LogP contribution in [-0.4, -0.2) is 45.9 Å². The van der Waals surface area contributed by atoms with Crippen molar-refractivity contribution in [2.75, 3.05) is 10.6 Å². The maximum atomic E-state index is 13.1. The third-order valence-corrected chi connectivity index (χ3v) is 6.07. The molecule has 44 heavy (non-hydrogen) atoms. The minimum Gasteiger partial charge on any atom is -0.478 e. The summed E-state index contributed by atoms with van der Waals surface area (Å²) in [6, 6.07) is 19.7. The third kappa shape index (κ3) is 7.50. The molecule has 0 atom stereocenters. The number of carbonyl (C=O) groups is 6. The van der Waals surface area contributed by atoms with Gasteiger partial charge in [0.05, 0.1) is 22.3 Å². The van der Waals surface area contributed by atoms with Crippen molar-refractivity contribution in [3.63, 3.8) is 0 Å². The van der Waals surface area contributed by atoms with Gasteiger partial charge in [0.1, 0.15) is 11.5 Å². The topological polar surface area (TPSA) is 185 Å². The van der Waals surface area contributed by atoms with Crippen LogP contribution in [0.2, 0.25) is 0 Å². The number of hydrogen-bond donors (Lipinski definition) is 4. The molecular formula is C32H24N2O10. The monoisotopic (exact) mass is 596 g/mol. The number of esters is 2. The smallest absolute Gasteiger partial charge is 0.336 e. The summed E-state index contributed by atoms with van der Waals surface area (Å²) in [7, 11) is 0. The van der Waals surface area contributed by atoms with Crippen LogP contribution in [0.15, 0.2) is 84.9 Å². The highest BCUT2D eigenvalue weighted by Crippen LogP contribution is 2.27. The number of carbonyl (C=O) groups excluding carboxylic acids is 4. The summed E-state index contributed by atoms with van der Waals surface area (Å²) in [5.41, 5.74) is 0.277. The molecular weight excluding hydrogens is 572 g/mol. The molecule has 2 amide bonds. The van der Waals surface area contributed by atoms with Crippen molar-refractivity contribution < 1.29 is 48.5 Å². The first-order valence-corrected chi connectivity index (χ1v) is 12.9. The molecule has 4 aromatic carbocycles. The predicted octanol–water partition coefficient (Wildman–Crippen LogP) is 5.11. The maximum absolute atomic E-state index is 13.1. The molecule has 4 N–H and O–H groups in total. The van der Waals surface area contributed by atoms with Crippen molar-refractivity contribution in [1.29, 1.82) is 0 Å². The lowest BCUT2D eigenvalue weighted by Gasteiger charge is -2.13. The standard InChI is InChI=1S/C32H24N2O10/c1-17(35)43-23-9-5-21(6-10-23)33-29(37)25-13-3-20(16-28(25)32(41)42)19-4-14-26(31(39)40)27(15-19)30(38)34-22-7-11-24(12-8-22)44-18(2)36/h3-16H,1-2H3,(H,33,37)(H,34,38)(H,39,40)(H,41,42). The van der Waals surface area contributed by atoms with E-state index < -0.39 is 35.7 Å². The summed E-state index contributed by atoms with van der Waals surface area (Å²) in [6.07, 6.45) is 0. The molecule has 0 saturated heterocycles. The van der Waals surface area contributed by atoms with Crippen molar-refractivity contribution in [1.82, 2.24) is 0 Å². The zero-order valence-corrected chi connectivity index (χ0v) is 23.2. The summed E-state index contributed by atoms with van der Waals surface area (Å²) >= 11 is 0. The molecule has 0 heterocycles. The second-order valence-electron chi connectivity index (χ2n) is 9.28. The maximum Gasteiger partial charge on any atom is 0.336 e. The van der Waals surface area contributed by atoms with E-state index in [9.17, 15) is 39.0 Å². The van der Waals surface area contributed by atoms with Crippen molar-refractivity contribution in [3.8, 4) is 22.6 Å². The van der Waals surface area contributed by atoms with Gasteiger partial charge in [0.15, 0.2) is 0 Å². The van der Waals surface area contributed by atoms with Gasteiger partial charge in [-0.15, -0.1) is 0 Å². The zero-order chi connectivity index (χ0) is 32.0. The van der Waals surface area contributed by atoms with E-state index >= 15 is 0 Å². The number of anilines is 2. The molecule has 0 aliphatic carbocycles. The van der Waals surface area contributed by atoms with Gasteiger partial charge < -0.3 is 30.3 Å². The number of nitrogens with one attached hydrogen (secondary N) is 2. The van der Waals surface area contributed by atoms with Gasteiger partial charge in [0.25, 0.3) is 11.8 Å². The van der Waals surface area contributed by atoms with Crippen LogP contribution in [0.25, 0.3) is 11.1 Å². The van der Waals surface area contributed by atoms with Crippen LogP contribution in [0.5, 0.6) is 11.5 Å². The van der Waals surface area contributed by atoms with E-state index in [1.165, 1.54) is 98.8 Å². The minimum absolute atomic E-state index is 0.150. The van der Waals surface area contributed by atoms with Crippen molar-refractivity contribution in [3.05, 3.63) is 107 Å². The molecule has 0 bridgehead atoms. The number of carboxylic acids is 2. The van der Waals surface area contributed by atoms with E-state index in [2.05, 4.69) is 10.6 Å². The molecule has 0 radical (unpaired) electrons. The lowest BCUT2D eigenvalue weighted by atomic mass is 9.95. The Morgan fingerprint density at radius 3 is 1.30 bits per heavy atom. The summed E-state index contributed by atoms with van der Waals surface area (Å²) in [5.74, 6) is -4.71. The van der Waals surface area contributed by atoms with Crippen LogP contribution < -0.4 is 20.1 Å². The average molecular weight is 597 g/mol.